The minimum atomic E-state index is 0.154. The van der Waals surface area contributed by atoms with Gasteiger partial charge in [-0.1, -0.05) is 36.4 Å². The molecule has 1 aromatic heterocycles. The van der Waals surface area contributed by atoms with Crippen LogP contribution in [-0.4, -0.2) is 23.8 Å². The second-order valence-corrected chi connectivity index (χ2v) is 5.10. The maximum absolute atomic E-state index is 9.45. The van der Waals surface area contributed by atoms with Gasteiger partial charge in [0.1, 0.15) is 5.75 Å². The van der Waals surface area contributed by atoms with Crippen LogP contribution in [0.2, 0.25) is 0 Å². The number of fused-ring (bicyclic) bond motifs is 1. The molecule has 3 aromatic rings. The Labute approximate surface area is 124 Å². The van der Waals surface area contributed by atoms with E-state index in [2.05, 4.69) is 17.1 Å². The highest BCUT2D eigenvalue weighted by Crippen LogP contribution is 2.37. The molecule has 3 nitrogen and oxygen atoms in total. The van der Waals surface area contributed by atoms with Gasteiger partial charge in [0.25, 0.3) is 0 Å². The molecule has 0 saturated carbocycles. The first kappa shape index (κ1) is 13.7. The summed E-state index contributed by atoms with van der Waals surface area (Å²) in [6, 6.07) is 16.3. The number of aromatic nitrogens is 1. The molecule has 108 valence electrons. The van der Waals surface area contributed by atoms with Crippen molar-refractivity contribution in [3.05, 3.63) is 65.9 Å². The Morgan fingerprint density at radius 2 is 1.90 bits per heavy atom. The normalized spacial score (nSPS) is 12.5. The summed E-state index contributed by atoms with van der Waals surface area (Å²) in [5.41, 5.74) is 3.43. The monoisotopic (exact) mass is 281 g/mol. The largest absolute Gasteiger partial charge is 0.496 e. The molecular weight excluding hydrogens is 262 g/mol. The molecule has 2 N–H and O–H groups in total. The summed E-state index contributed by atoms with van der Waals surface area (Å²) in [6.07, 6.45) is 2.72. The maximum Gasteiger partial charge on any atom is 0.128 e. The van der Waals surface area contributed by atoms with Crippen LogP contribution in [0.4, 0.5) is 0 Å². The lowest BCUT2D eigenvalue weighted by atomic mass is 9.88. The molecule has 3 rings (SSSR count). The van der Waals surface area contributed by atoms with Crippen molar-refractivity contribution in [1.29, 1.82) is 0 Å². The van der Waals surface area contributed by atoms with Crippen molar-refractivity contribution in [3.63, 3.8) is 0 Å². The molecule has 0 aliphatic carbocycles. The number of aromatic amines is 1. The molecule has 2 aromatic carbocycles. The number of ether oxygens (including phenoxy) is 1. The van der Waals surface area contributed by atoms with E-state index in [4.69, 9.17) is 4.74 Å². The standard InChI is InChI=1S/C18H19NO2/c1-21-17-9-5-8-16-18(17)15(12-19-16)14(10-11-20)13-6-3-2-4-7-13/h2-9,12,14,19-20H,10-11H2,1H3. The van der Waals surface area contributed by atoms with E-state index in [0.29, 0.717) is 6.42 Å². The van der Waals surface area contributed by atoms with E-state index < -0.39 is 0 Å². The molecular formula is C18H19NO2. The third-order valence-corrected chi connectivity index (χ3v) is 3.91. The van der Waals surface area contributed by atoms with Gasteiger partial charge in [-0.3, -0.25) is 0 Å². The van der Waals surface area contributed by atoms with Gasteiger partial charge in [0.05, 0.1) is 7.11 Å². The zero-order valence-electron chi connectivity index (χ0n) is 12.0. The molecule has 0 fully saturated rings. The molecule has 0 aliphatic heterocycles. The highest BCUT2D eigenvalue weighted by molar-refractivity contribution is 5.90. The first-order valence-electron chi connectivity index (χ1n) is 7.15. The van der Waals surface area contributed by atoms with Crippen molar-refractivity contribution in [3.8, 4) is 5.75 Å². The van der Waals surface area contributed by atoms with Gasteiger partial charge in [-0.15, -0.1) is 0 Å². The summed E-state index contributed by atoms with van der Waals surface area (Å²) >= 11 is 0. The number of H-pyrrole nitrogens is 1. The topological polar surface area (TPSA) is 45.2 Å². The lowest BCUT2D eigenvalue weighted by Gasteiger charge is -2.17. The maximum atomic E-state index is 9.45. The summed E-state index contributed by atoms with van der Waals surface area (Å²) in [5, 5.41) is 10.6. The quantitative estimate of drug-likeness (QED) is 0.749. The average Bonchev–Trinajstić information content (AvgIpc) is 2.97. The van der Waals surface area contributed by atoms with Gasteiger partial charge in [-0.2, -0.15) is 0 Å². The third-order valence-electron chi connectivity index (χ3n) is 3.91. The molecule has 0 radical (unpaired) electrons. The average molecular weight is 281 g/mol. The van der Waals surface area contributed by atoms with Crippen molar-refractivity contribution in [2.24, 2.45) is 0 Å². The van der Waals surface area contributed by atoms with Gasteiger partial charge in [0, 0.05) is 29.6 Å². The van der Waals surface area contributed by atoms with E-state index in [9.17, 15) is 5.11 Å². The van der Waals surface area contributed by atoms with Gasteiger partial charge < -0.3 is 14.8 Å². The lowest BCUT2D eigenvalue weighted by Crippen LogP contribution is -2.03. The number of hydrogen-bond donors (Lipinski definition) is 2. The minimum Gasteiger partial charge on any atom is -0.496 e. The fraction of sp³-hybridized carbons (Fsp3) is 0.222. The Hall–Kier alpha value is -2.26. The molecule has 1 heterocycles. The van der Waals surface area contributed by atoms with Crippen molar-refractivity contribution < 1.29 is 9.84 Å². The Morgan fingerprint density at radius 3 is 2.62 bits per heavy atom. The minimum absolute atomic E-state index is 0.154. The van der Waals surface area contributed by atoms with Gasteiger partial charge in [-0.05, 0) is 29.7 Å². The van der Waals surface area contributed by atoms with Gasteiger partial charge in [0.2, 0.25) is 0 Å². The predicted octanol–water partition coefficient (Wildman–Crippen LogP) is 3.69. The van der Waals surface area contributed by atoms with Crippen LogP contribution >= 0.6 is 0 Å². The molecule has 1 atom stereocenters. The van der Waals surface area contributed by atoms with Crippen LogP contribution in [0.1, 0.15) is 23.5 Å². The fourth-order valence-electron chi connectivity index (χ4n) is 2.94. The molecule has 3 heteroatoms. The lowest BCUT2D eigenvalue weighted by molar-refractivity contribution is 0.282. The third kappa shape index (κ3) is 2.52. The van der Waals surface area contributed by atoms with E-state index in [1.165, 1.54) is 11.1 Å². The van der Waals surface area contributed by atoms with Crippen LogP contribution in [0.5, 0.6) is 5.75 Å². The summed E-state index contributed by atoms with van der Waals surface area (Å²) < 4.78 is 5.51. The fourth-order valence-corrected chi connectivity index (χ4v) is 2.94. The zero-order chi connectivity index (χ0) is 14.7. The molecule has 0 aliphatic rings. The second-order valence-electron chi connectivity index (χ2n) is 5.10. The molecule has 0 amide bonds. The number of nitrogens with one attached hydrogen (secondary N) is 1. The summed E-state index contributed by atoms with van der Waals surface area (Å²) in [7, 11) is 1.69. The highest BCUT2D eigenvalue weighted by Gasteiger charge is 2.19. The summed E-state index contributed by atoms with van der Waals surface area (Å²) in [6.45, 7) is 0.154. The summed E-state index contributed by atoms with van der Waals surface area (Å²) in [4.78, 5) is 3.31. The number of aliphatic hydroxyl groups excluding tert-OH is 1. The Kier molecular flexibility index (Phi) is 3.93. The van der Waals surface area contributed by atoms with Crippen LogP contribution in [0.25, 0.3) is 10.9 Å². The van der Waals surface area contributed by atoms with E-state index in [1.54, 1.807) is 7.11 Å². The van der Waals surface area contributed by atoms with Crippen molar-refractivity contribution in [1.82, 2.24) is 4.98 Å². The van der Waals surface area contributed by atoms with Gasteiger partial charge in [-0.25, -0.2) is 0 Å². The first-order chi connectivity index (χ1) is 10.3. The number of benzene rings is 2. The van der Waals surface area contributed by atoms with E-state index in [-0.39, 0.29) is 12.5 Å². The molecule has 1 unspecified atom stereocenters. The SMILES string of the molecule is COc1cccc2[nH]cc(C(CCO)c3ccccc3)c12. The van der Waals surface area contributed by atoms with E-state index in [1.807, 2.05) is 42.6 Å². The van der Waals surface area contributed by atoms with Crippen molar-refractivity contribution >= 4 is 10.9 Å². The van der Waals surface area contributed by atoms with Crippen LogP contribution in [0.3, 0.4) is 0 Å². The summed E-state index contributed by atoms with van der Waals surface area (Å²) in [5.74, 6) is 1.02. The van der Waals surface area contributed by atoms with Crippen LogP contribution in [0, 0.1) is 0 Å². The predicted molar refractivity (Wildman–Crippen MR) is 84.8 cm³/mol. The first-order valence-corrected chi connectivity index (χ1v) is 7.15. The van der Waals surface area contributed by atoms with Crippen molar-refractivity contribution in [2.75, 3.05) is 13.7 Å². The number of hydrogen-bond acceptors (Lipinski definition) is 2. The van der Waals surface area contributed by atoms with Crippen LogP contribution < -0.4 is 4.74 Å². The van der Waals surface area contributed by atoms with Crippen LogP contribution in [0.15, 0.2) is 54.7 Å². The zero-order valence-corrected chi connectivity index (χ0v) is 12.0. The number of rotatable bonds is 5. The van der Waals surface area contributed by atoms with Gasteiger partial charge >= 0.3 is 0 Å². The van der Waals surface area contributed by atoms with Gasteiger partial charge in [0.15, 0.2) is 0 Å². The van der Waals surface area contributed by atoms with E-state index in [0.717, 1.165) is 16.7 Å². The highest BCUT2D eigenvalue weighted by atomic mass is 16.5. The Balaban J connectivity index is 2.16. The smallest absolute Gasteiger partial charge is 0.128 e. The second kappa shape index (κ2) is 6.02. The molecule has 0 bridgehead atoms. The number of aliphatic hydroxyl groups is 1. The Bertz CT molecular complexity index is 718. The van der Waals surface area contributed by atoms with Crippen LogP contribution in [-0.2, 0) is 0 Å². The van der Waals surface area contributed by atoms with E-state index >= 15 is 0 Å². The Morgan fingerprint density at radius 1 is 1.10 bits per heavy atom. The molecule has 0 spiro atoms. The molecule has 0 saturated heterocycles. The molecule has 21 heavy (non-hydrogen) atoms. The number of methoxy groups -OCH3 is 1. The van der Waals surface area contributed by atoms with Crippen molar-refractivity contribution in [2.45, 2.75) is 12.3 Å².